The predicted octanol–water partition coefficient (Wildman–Crippen LogP) is 3.17. The second-order valence-corrected chi connectivity index (χ2v) is 3.88. The Morgan fingerprint density at radius 2 is 1.89 bits per heavy atom. The molecular weight excluding hydrogens is 228 g/mol. The zero-order valence-corrected chi connectivity index (χ0v) is 10.4. The molecule has 0 aliphatic heterocycles. The van der Waals surface area contributed by atoms with Gasteiger partial charge in [-0.25, -0.2) is 0 Å². The summed E-state index contributed by atoms with van der Waals surface area (Å²) in [5.41, 5.74) is 0. The summed E-state index contributed by atoms with van der Waals surface area (Å²) in [5.74, 6) is 0.579. The number of hydrogen-bond donors (Lipinski definition) is 0. The minimum absolute atomic E-state index is 0.224. The van der Waals surface area contributed by atoms with E-state index in [9.17, 15) is 4.79 Å². The molecule has 0 aliphatic carbocycles. The third kappa shape index (κ3) is 3.00. The monoisotopic (exact) mass is 244 g/mol. The van der Waals surface area contributed by atoms with Gasteiger partial charge in [0.15, 0.2) is 0 Å². The number of carbonyl (C=O) groups excluding carboxylic acids is 1. The first-order valence-electron chi connectivity index (χ1n) is 6.07. The summed E-state index contributed by atoms with van der Waals surface area (Å²) in [6.07, 6.45) is 0.275. The Hall–Kier alpha value is -2.03. The molecule has 0 saturated carbocycles. The Bertz CT molecular complexity index is 529. The lowest BCUT2D eigenvalue weighted by Gasteiger charge is -2.08. The molecule has 0 aromatic heterocycles. The van der Waals surface area contributed by atoms with Crippen molar-refractivity contribution in [3.63, 3.8) is 0 Å². The Balaban J connectivity index is 2.01. The van der Waals surface area contributed by atoms with Gasteiger partial charge in [-0.2, -0.15) is 0 Å². The number of rotatable bonds is 5. The lowest BCUT2D eigenvalue weighted by Crippen LogP contribution is -2.09. The first kappa shape index (κ1) is 12.4. The Labute approximate surface area is 106 Å². The maximum Gasteiger partial charge on any atom is 0.309 e. The van der Waals surface area contributed by atoms with Crippen LogP contribution in [0.3, 0.4) is 0 Å². The second-order valence-electron chi connectivity index (χ2n) is 3.88. The van der Waals surface area contributed by atoms with Crippen LogP contribution in [-0.2, 0) is 9.53 Å². The Morgan fingerprint density at radius 1 is 1.11 bits per heavy atom. The lowest BCUT2D eigenvalue weighted by molar-refractivity contribution is -0.143. The number of carbonyl (C=O) groups is 1. The first-order valence-corrected chi connectivity index (χ1v) is 6.07. The van der Waals surface area contributed by atoms with Gasteiger partial charge in [-0.3, -0.25) is 4.79 Å². The molecule has 3 nitrogen and oxygen atoms in total. The summed E-state index contributed by atoms with van der Waals surface area (Å²) in [7, 11) is 0. The van der Waals surface area contributed by atoms with Crippen LogP contribution in [0.1, 0.15) is 13.3 Å². The fraction of sp³-hybridized carbons (Fsp3) is 0.267. The Morgan fingerprint density at radius 3 is 2.72 bits per heavy atom. The molecule has 94 valence electrons. The van der Waals surface area contributed by atoms with Crippen LogP contribution in [0, 0.1) is 0 Å². The van der Waals surface area contributed by atoms with Gasteiger partial charge in [0.25, 0.3) is 0 Å². The van der Waals surface area contributed by atoms with Crippen LogP contribution < -0.4 is 4.74 Å². The summed E-state index contributed by atoms with van der Waals surface area (Å²) >= 11 is 0. The molecule has 0 bridgehead atoms. The fourth-order valence-electron chi connectivity index (χ4n) is 1.80. The average molecular weight is 244 g/mol. The number of esters is 1. The van der Waals surface area contributed by atoms with E-state index in [1.165, 1.54) is 0 Å². The summed E-state index contributed by atoms with van der Waals surface area (Å²) < 4.78 is 10.5. The molecule has 0 N–H and O–H groups in total. The lowest BCUT2D eigenvalue weighted by atomic mass is 10.1. The molecule has 0 unspecified atom stereocenters. The molecule has 2 rings (SSSR count). The van der Waals surface area contributed by atoms with E-state index in [-0.39, 0.29) is 12.4 Å². The third-order valence-corrected chi connectivity index (χ3v) is 2.62. The van der Waals surface area contributed by atoms with Gasteiger partial charge in [-0.1, -0.05) is 36.4 Å². The molecule has 0 radical (unpaired) electrons. The van der Waals surface area contributed by atoms with Gasteiger partial charge in [0.2, 0.25) is 0 Å². The molecule has 0 aliphatic rings. The maximum atomic E-state index is 11.2. The van der Waals surface area contributed by atoms with Crippen molar-refractivity contribution in [2.45, 2.75) is 13.3 Å². The SMILES string of the molecule is CCOC(=O)CCOc1cccc2ccccc12. The van der Waals surface area contributed by atoms with Crippen LogP contribution in [0.5, 0.6) is 5.75 Å². The van der Waals surface area contributed by atoms with Gasteiger partial charge >= 0.3 is 5.97 Å². The van der Waals surface area contributed by atoms with Crippen LogP contribution in [0.4, 0.5) is 0 Å². The zero-order chi connectivity index (χ0) is 12.8. The van der Waals surface area contributed by atoms with Gasteiger partial charge in [-0.05, 0) is 18.4 Å². The van der Waals surface area contributed by atoms with Gasteiger partial charge in [0, 0.05) is 5.39 Å². The van der Waals surface area contributed by atoms with E-state index in [1.807, 2.05) is 42.5 Å². The van der Waals surface area contributed by atoms with E-state index in [0.717, 1.165) is 16.5 Å². The number of fused-ring (bicyclic) bond motifs is 1. The van der Waals surface area contributed by atoms with Gasteiger partial charge in [0.1, 0.15) is 5.75 Å². The van der Waals surface area contributed by atoms with Crippen molar-refractivity contribution < 1.29 is 14.3 Å². The molecule has 0 fully saturated rings. The summed E-state index contributed by atoms with van der Waals surface area (Å²) in [5, 5.41) is 2.19. The third-order valence-electron chi connectivity index (χ3n) is 2.62. The van der Waals surface area contributed by atoms with E-state index in [4.69, 9.17) is 9.47 Å². The number of hydrogen-bond acceptors (Lipinski definition) is 3. The second kappa shape index (κ2) is 6.05. The molecule has 3 heteroatoms. The minimum Gasteiger partial charge on any atom is -0.492 e. The maximum absolute atomic E-state index is 11.2. The summed E-state index contributed by atoms with van der Waals surface area (Å²) in [6.45, 7) is 2.55. The van der Waals surface area contributed by atoms with Crippen molar-refractivity contribution in [2.75, 3.05) is 13.2 Å². The van der Waals surface area contributed by atoms with Crippen LogP contribution in [0.25, 0.3) is 10.8 Å². The van der Waals surface area contributed by atoms with Crippen LogP contribution >= 0.6 is 0 Å². The quantitative estimate of drug-likeness (QED) is 0.758. The average Bonchev–Trinajstić information content (AvgIpc) is 2.39. The van der Waals surface area contributed by atoms with Crippen molar-refractivity contribution >= 4 is 16.7 Å². The van der Waals surface area contributed by atoms with Gasteiger partial charge in [-0.15, -0.1) is 0 Å². The minimum atomic E-state index is -0.224. The van der Waals surface area contributed by atoms with E-state index >= 15 is 0 Å². The standard InChI is InChI=1S/C15H16O3/c1-2-17-15(16)10-11-18-14-9-5-7-12-6-3-4-8-13(12)14/h3-9H,2,10-11H2,1H3. The topological polar surface area (TPSA) is 35.5 Å². The first-order chi connectivity index (χ1) is 8.81. The van der Waals surface area contributed by atoms with Crippen molar-refractivity contribution in [1.29, 1.82) is 0 Å². The number of ether oxygens (including phenoxy) is 2. The van der Waals surface area contributed by atoms with Gasteiger partial charge < -0.3 is 9.47 Å². The molecular formula is C15H16O3. The molecule has 0 saturated heterocycles. The van der Waals surface area contributed by atoms with Crippen LogP contribution in [-0.4, -0.2) is 19.2 Å². The van der Waals surface area contributed by atoms with Crippen molar-refractivity contribution in [3.05, 3.63) is 42.5 Å². The molecule has 0 atom stereocenters. The summed E-state index contributed by atoms with van der Waals surface area (Å²) in [4.78, 5) is 11.2. The number of benzene rings is 2. The van der Waals surface area contributed by atoms with E-state index < -0.39 is 0 Å². The molecule has 18 heavy (non-hydrogen) atoms. The smallest absolute Gasteiger partial charge is 0.309 e. The van der Waals surface area contributed by atoms with E-state index in [1.54, 1.807) is 6.92 Å². The van der Waals surface area contributed by atoms with Gasteiger partial charge in [0.05, 0.1) is 19.6 Å². The van der Waals surface area contributed by atoms with Crippen molar-refractivity contribution in [1.82, 2.24) is 0 Å². The van der Waals surface area contributed by atoms with Crippen LogP contribution in [0.2, 0.25) is 0 Å². The molecule has 2 aromatic rings. The van der Waals surface area contributed by atoms with E-state index in [0.29, 0.717) is 13.2 Å². The highest BCUT2D eigenvalue weighted by molar-refractivity contribution is 5.88. The summed E-state index contributed by atoms with van der Waals surface area (Å²) in [6, 6.07) is 13.9. The van der Waals surface area contributed by atoms with Crippen LogP contribution in [0.15, 0.2) is 42.5 Å². The Kier molecular flexibility index (Phi) is 4.18. The highest BCUT2D eigenvalue weighted by atomic mass is 16.5. The highest BCUT2D eigenvalue weighted by Gasteiger charge is 2.04. The van der Waals surface area contributed by atoms with Crippen molar-refractivity contribution in [2.24, 2.45) is 0 Å². The molecule has 0 heterocycles. The highest BCUT2D eigenvalue weighted by Crippen LogP contribution is 2.25. The van der Waals surface area contributed by atoms with E-state index in [2.05, 4.69) is 0 Å². The predicted molar refractivity (Wildman–Crippen MR) is 70.7 cm³/mol. The largest absolute Gasteiger partial charge is 0.492 e. The molecule has 0 amide bonds. The normalized spacial score (nSPS) is 10.3. The molecule has 2 aromatic carbocycles. The zero-order valence-electron chi connectivity index (χ0n) is 10.4. The molecule has 0 spiro atoms. The van der Waals surface area contributed by atoms with Crippen molar-refractivity contribution in [3.8, 4) is 5.75 Å². The fourth-order valence-corrected chi connectivity index (χ4v) is 1.80.